The van der Waals surface area contributed by atoms with Gasteiger partial charge in [-0.3, -0.25) is 4.98 Å². The first-order chi connectivity index (χ1) is 6.83. The average molecular weight is 183 g/mol. The molecule has 0 saturated carbocycles. The van der Waals surface area contributed by atoms with Gasteiger partial charge in [0.05, 0.1) is 5.52 Å². The fraction of sp³-hybridized carbons (Fsp3) is 0.308. The monoisotopic (exact) mass is 183 g/mol. The van der Waals surface area contributed by atoms with E-state index in [1.807, 2.05) is 6.92 Å². The molecule has 0 radical (unpaired) electrons. The van der Waals surface area contributed by atoms with E-state index in [2.05, 4.69) is 29.2 Å². The molecule has 2 aromatic rings. The van der Waals surface area contributed by atoms with Crippen LogP contribution in [-0.2, 0) is 12.8 Å². The van der Waals surface area contributed by atoms with Crippen LogP contribution in [0.1, 0.15) is 23.2 Å². The van der Waals surface area contributed by atoms with Gasteiger partial charge < -0.3 is 0 Å². The number of benzene rings is 1. The fourth-order valence-corrected chi connectivity index (χ4v) is 2.30. The first-order valence-corrected chi connectivity index (χ1v) is 5.22. The minimum absolute atomic E-state index is 1.11. The number of rotatable bonds is 0. The molecule has 70 valence electrons. The SMILES string of the molecule is Cc1ccc2cc3c(cc2n1)CCC3. The summed E-state index contributed by atoms with van der Waals surface area (Å²) >= 11 is 0. The Morgan fingerprint density at radius 2 is 1.86 bits per heavy atom. The van der Waals surface area contributed by atoms with E-state index >= 15 is 0 Å². The van der Waals surface area contributed by atoms with E-state index < -0.39 is 0 Å². The second kappa shape index (κ2) is 2.81. The summed E-state index contributed by atoms with van der Waals surface area (Å²) in [5.41, 5.74) is 5.31. The molecule has 0 unspecified atom stereocenters. The molecule has 0 saturated heterocycles. The van der Waals surface area contributed by atoms with Gasteiger partial charge in [0.1, 0.15) is 0 Å². The van der Waals surface area contributed by atoms with Crippen molar-refractivity contribution in [3.8, 4) is 0 Å². The molecule has 1 nitrogen and oxygen atoms in total. The zero-order chi connectivity index (χ0) is 9.54. The van der Waals surface area contributed by atoms with E-state index in [0.29, 0.717) is 0 Å². The van der Waals surface area contributed by atoms with E-state index in [-0.39, 0.29) is 0 Å². The zero-order valence-corrected chi connectivity index (χ0v) is 8.38. The quantitative estimate of drug-likeness (QED) is 0.611. The molecule has 0 spiro atoms. The van der Waals surface area contributed by atoms with Crippen molar-refractivity contribution in [2.45, 2.75) is 26.2 Å². The zero-order valence-electron chi connectivity index (χ0n) is 8.38. The molecule has 1 aromatic carbocycles. The van der Waals surface area contributed by atoms with Crippen LogP contribution in [0.3, 0.4) is 0 Å². The third-order valence-electron chi connectivity index (χ3n) is 3.04. The molecule has 0 N–H and O–H groups in total. The van der Waals surface area contributed by atoms with E-state index in [9.17, 15) is 0 Å². The molecular weight excluding hydrogens is 170 g/mol. The van der Waals surface area contributed by atoms with Crippen LogP contribution in [-0.4, -0.2) is 4.98 Å². The number of nitrogens with zero attached hydrogens (tertiary/aromatic N) is 1. The van der Waals surface area contributed by atoms with Crippen LogP contribution in [0.4, 0.5) is 0 Å². The highest BCUT2D eigenvalue weighted by molar-refractivity contribution is 5.80. The molecular formula is C13H13N. The molecule has 0 aliphatic heterocycles. The van der Waals surface area contributed by atoms with Crippen LogP contribution in [0, 0.1) is 6.92 Å². The van der Waals surface area contributed by atoms with Crippen LogP contribution >= 0.6 is 0 Å². The summed E-state index contributed by atoms with van der Waals surface area (Å²) in [5, 5.41) is 1.29. The smallest absolute Gasteiger partial charge is 0.0708 e. The van der Waals surface area contributed by atoms with Crippen LogP contribution in [0.15, 0.2) is 24.3 Å². The van der Waals surface area contributed by atoms with Crippen LogP contribution in [0.5, 0.6) is 0 Å². The van der Waals surface area contributed by atoms with Crippen molar-refractivity contribution in [2.75, 3.05) is 0 Å². The molecule has 3 rings (SSSR count). The molecule has 1 aliphatic rings. The van der Waals surface area contributed by atoms with Gasteiger partial charge in [0.2, 0.25) is 0 Å². The highest BCUT2D eigenvalue weighted by Crippen LogP contribution is 2.26. The maximum atomic E-state index is 4.55. The number of aromatic nitrogens is 1. The van der Waals surface area contributed by atoms with Crippen LogP contribution in [0.2, 0.25) is 0 Å². The molecule has 1 aromatic heterocycles. The lowest BCUT2D eigenvalue weighted by atomic mass is 10.1. The number of hydrogen-bond acceptors (Lipinski definition) is 1. The third kappa shape index (κ3) is 1.12. The Hall–Kier alpha value is -1.37. The summed E-state index contributed by atoms with van der Waals surface area (Å²) in [7, 11) is 0. The molecule has 14 heavy (non-hydrogen) atoms. The van der Waals surface area contributed by atoms with Crippen molar-refractivity contribution in [1.82, 2.24) is 4.98 Å². The average Bonchev–Trinajstić information content (AvgIpc) is 2.61. The molecule has 0 amide bonds. The molecule has 1 heteroatoms. The van der Waals surface area contributed by atoms with Gasteiger partial charge in [-0.15, -0.1) is 0 Å². The predicted molar refractivity (Wildman–Crippen MR) is 58.5 cm³/mol. The summed E-state index contributed by atoms with van der Waals surface area (Å²) in [5.74, 6) is 0. The molecule has 0 bridgehead atoms. The van der Waals surface area contributed by atoms with Crippen molar-refractivity contribution in [1.29, 1.82) is 0 Å². The topological polar surface area (TPSA) is 12.9 Å². The van der Waals surface area contributed by atoms with E-state index in [0.717, 1.165) is 11.2 Å². The Labute approximate surface area is 83.8 Å². The van der Waals surface area contributed by atoms with Gasteiger partial charge in [-0.25, -0.2) is 0 Å². The maximum Gasteiger partial charge on any atom is 0.0708 e. The summed E-state index contributed by atoms with van der Waals surface area (Å²) in [6.45, 7) is 2.05. The summed E-state index contributed by atoms with van der Waals surface area (Å²) in [6, 6.07) is 8.84. The lowest BCUT2D eigenvalue weighted by Gasteiger charge is -2.03. The summed E-state index contributed by atoms with van der Waals surface area (Å²) in [6.07, 6.45) is 3.80. The normalized spacial score (nSPS) is 14.6. The Morgan fingerprint density at radius 3 is 2.71 bits per heavy atom. The van der Waals surface area contributed by atoms with Gasteiger partial charge in [-0.1, -0.05) is 6.07 Å². The minimum Gasteiger partial charge on any atom is -0.253 e. The van der Waals surface area contributed by atoms with Gasteiger partial charge in [-0.2, -0.15) is 0 Å². The van der Waals surface area contributed by atoms with Crippen molar-refractivity contribution in [2.24, 2.45) is 0 Å². The van der Waals surface area contributed by atoms with Crippen molar-refractivity contribution < 1.29 is 0 Å². The first-order valence-electron chi connectivity index (χ1n) is 5.22. The molecule has 1 heterocycles. The van der Waals surface area contributed by atoms with Crippen LogP contribution in [0.25, 0.3) is 10.9 Å². The highest BCUT2D eigenvalue weighted by atomic mass is 14.7. The Kier molecular flexibility index (Phi) is 1.60. The largest absolute Gasteiger partial charge is 0.253 e. The minimum atomic E-state index is 1.11. The second-order valence-corrected chi connectivity index (χ2v) is 4.12. The standard InChI is InChI=1S/C13H13N/c1-9-5-6-12-7-10-3-2-4-11(10)8-13(12)14-9/h5-8H,2-4H2,1H3. The number of hydrogen-bond donors (Lipinski definition) is 0. The third-order valence-corrected chi connectivity index (χ3v) is 3.04. The fourth-order valence-electron chi connectivity index (χ4n) is 2.30. The Bertz CT molecular complexity index is 500. The summed E-state index contributed by atoms with van der Waals surface area (Å²) < 4.78 is 0. The predicted octanol–water partition coefficient (Wildman–Crippen LogP) is 3.03. The molecule has 0 fully saturated rings. The summed E-state index contributed by atoms with van der Waals surface area (Å²) in [4.78, 5) is 4.55. The number of pyridine rings is 1. The van der Waals surface area contributed by atoms with Crippen molar-refractivity contribution in [3.63, 3.8) is 0 Å². The van der Waals surface area contributed by atoms with Gasteiger partial charge >= 0.3 is 0 Å². The van der Waals surface area contributed by atoms with Gasteiger partial charge in [0, 0.05) is 11.1 Å². The van der Waals surface area contributed by atoms with Crippen molar-refractivity contribution >= 4 is 10.9 Å². The van der Waals surface area contributed by atoms with E-state index in [1.54, 1.807) is 0 Å². The second-order valence-electron chi connectivity index (χ2n) is 4.12. The molecule has 1 aliphatic carbocycles. The van der Waals surface area contributed by atoms with E-state index in [4.69, 9.17) is 0 Å². The first kappa shape index (κ1) is 7.98. The van der Waals surface area contributed by atoms with E-state index in [1.165, 1.54) is 35.8 Å². The Balaban J connectivity index is 2.33. The molecule has 0 atom stereocenters. The lowest BCUT2D eigenvalue weighted by Crippen LogP contribution is -1.87. The van der Waals surface area contributed by atoms with Crippen molar-refractivity contribution in [3.05, 3.63) is 41.1 Å². The van der Waals surface area contributed by atoms with Crippen LogP contribution < -0.4 is 0 Å². The number of fused-ring (bicyclic) bond motifs is 2. The highest BCUT2D eigenvalue weighted by Gasteiger charge is 2.11. The number of aryl methyl sites for hydroxylation is 3. The Morgan fingerprint density at radius 1 is 1.07 bits per heavy atom. The van der Waals surface area contributed by atoms with Gasteiger partial charge in [-0.05, 0) is 55.5 Å². The maximum absolute atomic E-state index is 4.55. The lowest BCUT2D eigenvalue weighted by molar-refractivity contribution is 0.912. The van der Waals surface area contributed by atoms with Gasteiger partial charge in [0.15, 0.2) is 0 Å². The van der Waals surface area contributed by atoms with Gasteiger partial charge in [0.25, 0.3) is 0 Å².